The molecule has 29 heavy (non-hydrogen) atoms. The molecule has 156 valence electrons. The van der Waals surface area contributed by atoms with E-state index in [4.69, 9.17) is 9.47 Å². The van der Waals surface area contributed by atoms with E-state index in [1.807, 2.05) is 55.1 Å². The Morgan fingerprint density at radius 3 is 2.45 bits per heavy atom. The van der Waals surface area contributed by atoms with Crippen LogP contribution in [0.5, 0.6) is 11.5 Å². The van der Waals surface area contributed by atoms with E-state index >= 15 is 0 Å². The Bertz CT molecular complexity index is 813. The monoisotopic (exact) mass is 396 g/mol. The van der Waals surface area contributed by atoms with Crippen LogP contribution in [0.4, 0.5) is 5.69 Å². The van der Waals surface area contributed by atoms with Gasteiger partial charge in [0.25, 0.3) is 0 Å². The molecule has 0 atom stereocenters. The maximum absolute atomic E-state index is 13.1. The van der Waals surface area contributed by atoms with Crippen molar-refractivity contribution in [1.29, 1.82) is 0 Å². The second-order valence-corrected chi connectivity index (χ2v) is 7.88. The number of amides is 1. The number of anilines is 1. The number of likely N-dealkylation sites (tertiary alicyclic amines) is 1. The summed E-state index contributed by atoms with van der Waals surface area (Å²) >= 11 is 0. The molecule has 0 N–H and O–H groups in total. The van der Waals surface area contributed by atoms with Gasteiger partial charge in [0.05, 0.1) is 14.2 Å². The summed E-state index contributed by atoms with van der Waals surface area (Å²) in [4.78, 5) is 17.5. The van der Waals surface area contributed by atoms with Gasteiger partial charge in [-0.2, -0.15) is 0 Å². The zero-order valence-electron chi connectivity index (χ0n) is 17.9. The van der Waals surface area contributed by atoms with Gasteiger partial charge in [-0.05, 0) is 31.0 Å². The van der Waals surface area contributed by atoms with Gasteiger partial charge >= 0.3 is 0 Å². The van der Waals surface area contributed by atoms with Crippen molar-refractivity contribution in [2.75, 3.05) is 32.2 Å². The summed E-state index contributed by atoms with van der Waals surface area (Å²) in [6, 6.07) is 16.2. The summed E-state index contributed by atoms with van der Waals surface area (Å²) < 4.78 is 10.9. The van der Waals surface area contributed by atoms with Gasteiger partial charge in [-0.1, -0.05) is 38.1 Å². The number of rotatable bonds is 7. The fourth-order valence-corrected chi connectivity index (χ4v) is 3.97. The Labute approximate surface area is 174 Å². The van der Waals surface area contributed by atoms with Crippen LogP contribution >= 0.6 is 0 Å². The highest BCUT2D eigenvalue weighted by Crippen LogP contribution is 2.29. The second kappa shape index (κ2) is 9.79. The van der Waals surface area contributed by atoms with Crippen molar-refractivity contribution in [1.82, 2.24) is 4.90 Å². The third-order valence-electron chi connectivity index (χ3n) is 5.57. The average molecular weight is 397 g/mol. The molecule has 1 saturated heterocycles. The summed E-state index contributed by atoms with van der Waals surface area (Å²) in [7, 11) is 3.37. The van der Waals surface area contributed by atoms with Gasteiger partial charge in [-0.15, -0.1) is 0 Å². The van der Waals surface area contributed by atoms with Crippen molar-refractivity contribution in [3.8, 4) is 11.5 Å². The number of benzene rings is 2. The van der Waals surface area contributed by atoms with E-state index < -0.39 is 0 Å². The largest absolute Gasteiger partial charge is 0.497 e. The lowest BCUT2D eigenvalue weighted by Gasteiger charge is -2.39. The van der Waals surface area contributed by atoms with E-state index in [2.05, 4.69) is 17.0 Å². The summed E-state index contributed by atoms with van der Waals surface area (Å²) in [6.45, 7) is 6.70. The minimum Gasteiger partial charge on any atom is -0.497 e. The van der Waals surface area contributed by atoms with E-state index in [9.17, 15) is 4.79 Å². The molecule has 1 heterocycles. The lowest BCUT2D eigenvalue weighted by Crippen LogP contribution is -2.48. The molecule has 1 amide bonds. The van der Waals surface area contributed by atoms with Gasteiger partial charge in [-0.3, -0.25) is 9.69 Å². The normalized spacial score (nSPS) is 15.3. The highest BCUT2D eigenvalue weighted by Gasteiger charge is 2.30. The van der Waals surface area contributed by atoms with E-state index in [1.165, 1.54) is 5.56 Å². The first kappa shape index (κ1) is 21.2. The first-order valence-corrected chi connectivity index (χ1v) is 10.3. The number of nitrogens with zero attached hydrogens (tertiary/aromatic N) is 2. The highest BCUT2D eigenvalue weighted by atomic mass is 16.5. The van der Waals surface area contributed by atoms with Crippen LogP contribution in [0.2, 0.25) is 0 Å². The average Bonchev–Trinajstić information content (AvgIpc) is 2.75. The minimum atomic E-state index is -0.0483. The molecule has 2 aromatic rings. The molecule has 5 heteroatoms. The first-order valence-electron chi connectivity index (χ1n) is 10.3. The van der Waals surface area contributed by atoms with E-state index in [-0.39, 0.29) is 17.9 Å². The molecule has 1 aliphatic heterocycles. The predicted octanol–water partition coefficient (Wildman–Crippen LogP) is 4.36. The Hall–Kier alpha value is -2.53. The fourth-order valence-electron chi connectivity index (χ4n) is 3.97. The van der Waals surface area contributed by atoms with Crippen LogP contribution in [-0.4, -0.2) is 44.2 Å². The van der Waals surface area contributed by atoms with Crippen molar-refractivity contribution in [3.05, 3.63) is 54.1 Å². The van der Waals surface area contributed by atoms with Crippen molar-refractivity contribution in [2.24, 2.45) is 5.92 Å². The molecule has 3 rings (SSSR count). The number of ether oxygens (including phenoxy) is 2. The number of para-hydroxylation sites is 1. The lowest BCUT2D eigenvalue weighted by molar-refractivity contribution is -0.122. The van der Waals surface area contributed by atoms with E-state index in [0.29, 0.717) is 0 Å². The molecule has 0 radical (unpaired) electrons. The zero-order valence-corrected chi connectivity index (χ0v) is 17.9. The van der Waals surface area contributed by atoms with Gasteiger partial charge in [0, 0.05) is 48.9 Å². The van der Waals surface area contributed by atoms with Crippen LogP contribution in [0.15, 0.2) is 48.5 Å². The van der Waals surface area contributed by atoms with Gasteiger partial charge in [-0.25, -0.2) is 0 Å². The molecule has 0 aromatic heterocycles. The molecule has 0 unspecified atom stereocenters. The van der Waals surface area contributed by atoms with Gasteiger partial charge in [0.1, 0.15) is 11.5 Å². The second-order valence-electron chi connectivity index (χ2n) is 7.88. The highest BCUT2D eigenvalue weighted by molar-refractivity contribution is 5.95. The van der Waals surface area contributed by atoms with E-state index in [1.54, 1.807) is 14.2 Å². The maximum atomic E-state index is 13.1. The molecule has 0 saturated carbocycles. The number of carbonyl (C=O) groups is 1. The van der Waals surface area contributed by atoms with Crippen LogP contribution < -0.4 is 14.4 Å². The summed E-state index contributed by atoms with van der Waals surface area (Å²) in [5.41, 5.74) is 2.13. The smallest absolute Gasteiger partial charge is 0.229 e. The summed E-state index contributed by atoms with van der Waals surface area (Å²) in [5.74, 6) is 1.83. The zero-order chi connectivity index (χ0) is 20.8. The van der Waals surface area contributed by atoms with Crippen LogP contribution in [0.3, 0.4) is 0 Å². The van der Waals surface area contributed by atoms with Crippen LogP contribution in [0.1, 0.15) is 32.3 Å². The maximum Gasteiger partial charge on any atom is 0.229 e. The third-order valence-corrected chi connectivity index (χ3v) is 5.57. The number of piperidine rings is 1. The summed E-state index contributed by atoms with van der Waals surface area (Å²) in [5, 5.41) is 0. The molecule has 0 aliphatic carbocycles. The number of methoxy groups -OCH3 is 2. The molecule has 1 aliphatic rings. The Kier molecular flexibility index (Phi) is 7.15. The quantitative estimate of drug-likeness (QED) is 0.697. The van der Waals surface area contributed by atoms with Crippen molar-refractivity contribution in [3.63, 3.8) is 0 Å². The minimum absolute atomic E-state index is 0.0483. The molecular weight excluding hydrogens is 364 g/mol. The Morgan fingerprint density at radius 2 is 1.79 bits per heavy atom. The Morgan fingerprint density at radius 1 is 1.07 bits per heavy atom. The third kappa shape index (κ3) is 5.10. The number of carbonyl (C=O) groups excluding carboxylic acids is 1. The standard InChI is InChI=1S/C24H32N2O3/c1-18(2)24(27)26(21-9-7-10-22(16-21)28-3)20-12-14-25(15-13-20)17-19-8-5-6-11-23(19)29-4/h5-11,16,18,20H,12-15,17H2,1-4H3. The lowest BCUT2D eigenvalue weighted by atomic mass is 9.99. The van der Waals surface area contributed by atoms with Gasteiger partial charge in [0.2, 0.25) is 5.91 Å². The summed E-state index contributed by atoms with van der Waals surface area (Å²) in [6.07, 6.45) is 1.90. The van der Waals surface area contributed by atoms with E-state index in [0.717, 1.165) is 49.7 Å². The molecule has 5 nitrogen and oxygen atoms in total. The van der Waals surface area contributed by atoms with Crippen LogP contribution in [0, 0.1) is 5.92 Å². The van der Waals surface area contributed by atoms with Crippen LogP contribution in [-0.2, 0) is 11.3 Å². The topological polar surface area (TPSA) is 42.0 Å². The SMILES string of the molecule is COc1cccc(N(C(=O)C(C)C)C2CCN(Cc3ccccc3OC)CC2)c1. The van der Waals surface area contributed by atoms with Crippen LogP contribution in [0.25, 0.3) is 0 Å². The molecule has 0 spiro atoms. The molecule has 1 fully saturated rings. The van der Waals surface area contributed by atoms with Crippen molar-refractivity contribution >= 4 is 11.6 Å². The van der Waals surface area contributed by atoms with Crippen molar-refractivity contribution < 1.29 is 14.3 Å². The fraction of sp³-hybridized carbons (Fsp3) is 0.458. The first-order chi connectivity index (χ1) is 14.0. The molecule has 0 bridgehead atoms. The Balaban J connectivity index is 1.72. The predicted molar refractivity (Wildman–Crippen MR) is 117 cm³/mol. The molecule has 2 aromatic carbocycles. The van der Waals surface area contributed by atoms with Crippen molar-refractivity contribution in [2.45, 2.75) is 39.3 Å². The molecular formula is C24H32N2O3. The van der Waals surface area contributed by atoms with Gasteiger partial charge in [0.15, 0.2) is 0 Å². The van der Waals surface area contributed by atoms with Gasteiger partial charge < -0.3 is 14.4 Å². The number of hydrogen-bond donors (Lipinski definition) is 0. The number of hydrogen-bond acceptors (Lipinski definition) is 4.